The van der Waals surface area contributed by atoms with Crippen molar-refractivity contribution in [2.75, 3.05) is 55.8 Å². The highest BCUT2D eigenvalue weighted by atomic mass is 35.5. The first kappa shape index (κ1) is 13.9. The lowest BCUT2D eigenvalue weighted by Crippen LogP contribution is -2.37. The number of anilines is 2. The number of hydrogen-bond acceptors (Lipinski definition) is 6. The summed E-state index contributed by atoms with van der Waals surface area (Å²) >= 11 is 6.13. The van der Waals surface area contributed by atoms with Crippen molar-refractivity contribution in [3.05, 3.63) is 11.2 Å². The molecule has 7 heteroatoms. The molecule has 0 amide bonds. The predicted molar refractivity (Wildman–Crippen MR) is 77.5 cm³/mol. The number of aliphatic hydroxyl groups excluding tert-OH is 1. The monoisotopic (exact) mass is 298 g/mol. The Morgan fingerprint density at radius 1 is 1.25 bits per heavy atom. The third kappa shape index (κ3) is 2.97. The Labute approximate surface area is 123 Å². The van der Waals surface area contributed by atoms with Gasteiger partial charge in [0.05, 0.1) is 13.2 Å². The zero-order valence-electron chi connectivity index (χ0n) is 11.3. The summed E-state index contributed by atoms with van der Waals surface area (Å²) in [5, 5.41) is 9.69. The first-order chi connectivity index (χ1) is 9.76. The summed E-state index contributed by atoms with van der Waals surface area (Å²) in [7, 11) is 0. The minimum absolute atomic E-state index is 0.216. The maximum Gasteiger partial charge on any atom is 0.228 e. The van der Waals surface area contributed by atoms with Gasteiger partial charge in [-0.2, -0.15) is 4.98 Å². The van der Waals surface area contributed by atoms with Crippen molar-refractivity contribution in [1.82, 2.24) is 9.97 Å². The number of aliphatic hydroxyl groups is 1. The lowest BCUT2D eigenvalue weighted by molar-refractivity contribution is 0.122. The molecule has 1 atom stereocenters. The molecule has 0 aromatic carbocycles. The van der Waals surface area contributed by atoms with E-state index in [9.17, 15) is 5.11 Å². The highest BCUT2D eigenvalue weighted by Gasteiger charge is 2.25. The summed E-state index contributed by atoms with van der Waals surface area (Å²) in [6.07, 6.45) is 0.971. The molecular weight excluding hydrogens is 280 g/mol. The van der Waals surface area contributed by atoms with Crippen LogP contribution in [0.1, 0.15) is 6.42 Å². The molecule has 2 aliphatic heterocycles. The Morgan fingerprint density at radius 3 is 2.75 bits per heavy atom. The lowest BCUT2D eigenvalue weighted by atomic mass is 10.1. The number of halogens is 1. The number of hydrogen-bond donors (Lipinski definition) is 1. The van der Waals surface area contributed by atoms with Gasteiger partial charge in [0.1, 0.15) is 11.0 Å². The third-order valence-corrected chi connectivity index (χ3v) is 4.03. The van der Waals surface area contributed by atoms with Gasteiger partial charge in [-0.1, -0.05) is 11.6 Å². The standard InChI is InChI=1S/C13H19ClN4O2/c14-11-7-12(17-3-5-20-6-4-17)16-13(15-11)18-2-1-10(8-18)9-19/h7,10,19H,1-6,8-9H2/t10-/m0/s1. The van der Waals surface area contributed by atoms with E-state index in [-0.39, 0.29) is 6.61 Å². The van der Waals surface area contributed by atoms with Crippen LogP contribution in [0.2, 0.25) is 5.15 Å². The Balaban J connectivity index is 1.79. The first-order valence-corrected chi connectivity index (χ1v) is 7.37. The van der Waals surface area contributed by atoms with Crippen molar-refractivity contribution in [1.29, 1.82) is 0 Å². The van der Waals surface area contributed by atoms with Gasteiger partial charge in [0.2, 0.25) is 5.95 Å². The van der Waals surface area contributed by atoms with Gasteiger partial charge in [0.15, 0.2) is 0 Å². The fourth-order valence-corrected chi connectivity index (χ4v) is 2.83. The van der Waals surface area contributed by atoms with Crippen LogP contribution in [0.25, 0.3) is 0 Å². The summed E-state index contributed by atoms with van der Waals surface area (Å²) in [6.45, 7) is 4.96. The van der Waals surface area contributed by atoms with Crippen molar-refractivity contribution < 1.29 is 9.84 Å². The molecule has 6 nitrogen and oxygen atoms in total. The molecule has 0 saturated carbocycles. The smallest absolute Gasteiger partial charge is 0.228 e. The minimum atomic E-state index is 0.216. The molecule has 0 radical (unpaired) electrons. The molecule has 1 N–H and O–H groups in total. The zero-order valence-corrected chi connectivity index (χ0v) is 12.1. The topological polar surface area (TPSA) is 61.7 Å². The number of morpholine rings is 1. The molecular formula is C13H19ClN4O2. The van der Waals surface area contributed by atoms with Crippen LogP contribution in [0.4, 0.5) is 11.8 Å². The molecule has 1 aromatic rings. The van der Waals surface area contributed by atoms with E-state index in [4.69, 9.17) is 16.3 Å². The highest BCUT2D eigenvalue weighted by Crippen LogP contribution is 2.25. The Hall–Kier alpha value is -1.11. The van der Waals surface area contributed by atoms with Crippen molar-refractivity contribution in [2.24, 2.45) is 5.92 Å². The summed E-state index contributed by atoms with van der Waals surface area (Å²) in [5.74, 6) is 1.83. The highest BCUT2D eigenvalue weighted by molar-refractivity contribution is 6.29. The maximum atomic E-state index is 9.23. The third-order valence-electron chi connectivity index (χ3n) is 3.83. The molecule has 1 aromatic heterocycles. The molecule has 0 unspecified atom stereocenters. The fraction of sp³-hybridized carbons (Fsp3) is 0.692. The van der Waals surface area contributed by atoms with Crippen LogP contribution in [-0.4, -0.2) is 61.1 Å². The first-order valence-electron chi connectivity index (χ1n) is 6.99. The second-order valence-electron chi connectivity index (χ2n) is 5.23. The summed E-state index contributed by atoms with van der Waals surface area (Å²) in [6, 6.07) is 1.80. The van der Waals surface area contributed by atoms with Crippen LogP contribution in [0.3, 0.4) is 0 Å². The molecule has 0 bridgehead atoms. The quantitative estimate of drug-likeness (QED) is 0.833. The molecule has 110 valence electrons. The van der Waals surface area contributed by atoms with Crippen LogP contribution in [-0.2, 0) is 4.74 Å². The molecule has 3 heterocycles. The van der Waals surface area contributed by atoms with Crippen LogP contribution < -0.4 is 9.80 Å². The summed E-state index contributed by atoms with van der Waals surface area (Å²) in [5.41, 5.74) is 0. The average molecular weight is 299 g/mol. The van der Waals surface area contributed by atoms with E-state index in [2.05, 4.69) is 19.8 Å². The Bertz CT molecular complexity index is 468. The van der Waals surface area contributed by atoms with Gasteiger partial charge in [-0.3, -0.25) is 0 Å². The van der Waals surface area contributed by atoms with Crippen LogP contribution in [0.15, 0.2) is 6.07 Å². The summed E-state index contributed by atoms with van der Waals surface area (Å²) < 4.78 is 5.35. The van der Waals surface area contributed by atoms with Gasteiger partial charge in [-0.15, -0.1) is 0 Å². The van der Waals surface area contributed by atoms with E-state index in [1.165, 1.54) is 0 Å². The van der Waals surface area contributed by atoms with E-state index in [1.807, 2.05) is 0 Å². The van der Waals surface area contributed by atoms with Crippen LogP contribution in [0.5, 0.6) is 0 Å². The van der Waals surface area contributed by atoms with E-state index in [0.717, 1.165) is 38.4 Å². The van der Waals surface area contributed by atoms with Gasteiger partial charge in [-0.25, -0.2) is 4.98 Å². The molecule has 20 heavy (non-hydrogen) atoms. The second-order valence-corrected chi connectivity index (χ2v) is 5.62. The van der Waals surface area contributed by atoms with Crippen molar-refractivity contribution in [3.8, 4) is 0 Å². The average Bonchev–Trinajstić information content (AvgIpc) is 2.96. The van der Waals surface area contributed by atoms with Crippen LogP contribution >= 0.6 is 11.6 Å². The van der Waals surface area contributed by atoms with E-state index >= 15 is 0 Å². The van der Waals surface area contributed by atoms with Gasteiger partial charge >= 0.3 is 0 Å². The maximum absolute atomic E-state index is 9.23. The number of ether oxygens (including phenoxy) is 1. The van der Waals surface area contributed by atoms with E-state index in [1.54, 1.807) is 6.07 Å². The van der Waals surface area contributed by atoms with Crippen molar-refractivity contribution in [3.63, 3.8) is 0 Å². The lowest BCUT2D eigenvalue weighted by Gasteiger charge is -2.28. The largest absolute Gasteiger partial charge is 0.396 e. The van der Waals surface area contributed by atoms with Gasteiger partial charge in [-0.05, 0) is 6.42 Å². The Kier molecular flexibility index (Phi) is 4.24. The predicted octanol–water partition coefficient (Wildman–Crippen LogP) is 0.785. The SMILES string of the molecule is OC[C@H]1CCN(c2nc(Cl)cc(N3CCOCC3)n2)C1. The minimum Gasteiger partial charge on any atom is -0.396 e. The molecule has 0 aliphatic carbocycles. The van der Waals surface area contributed by atoms with Gasteiger partial charge in [0.25, 0.3) is 0 Å². The van der Waals surface area contributed by atoms with Crippen LogP contribution in [0, 0.1) is 5.92 Å². The number of aromatic nitrogens is 2. The molecule has 3 rings (SSSR count). The fourth-order valence-electron chi connectivity index (χ4n) is 2.65. The molecule has 2 aliphatic rings. The molecule has 2 fully saturated rings. The number of rotatable bonds is 3. The van der Waals surface area contributed by atoms with Gasteiger partial charge in [0, 0.05) is 44.8 Å². The normalized spacial score (nSPS) is 23.4. The zero-order chi connectivity index (χ0) is 13.9. The Morgan fingerprint density at radius 2 is 2.05 bits per heavy atom. The van der Waals surface area contributed by atoms with E-state index in [0.29, 0.717) is 30.2 Å². The van der Waals surface area contributed by atoms with Crippen molar-refractivity contribution >= 4 is 23.4 Å². The van der Waals surface area contributed by atoms with Crippen molar-refractivity contribution in [2.45, 2.75) is 6.42 Å². The molecule has 2 saturated heterocycles. The van der Waals surface area contributed by atoms with Gasteiger partial charge < -0.3 is 19.6 Å². The second kappa shape index (κ2) is 6.11. The van der Waals surface area contributed by atoms with E-state index < -0.39 is 0 Å². The summed E-state index contributed by atoms with van der Waals surface area (Å²) in [4.78, 5) is 13.2. The molecule has 0 spiro atoms. The number of nitrogens with zero attached hydrogens (tertiary/aromatic N) is 4.